The zero-order valence-electron chi connectivity index (χ0n) is 25.5. The fourth-order valence-corrected chi connectivity index (χ4v) is 6.34. The molecule has 5 aromatic carbocycles. The normalized spacial score (nSPS) is 11.3. The van der Waals surface area contributed by atoms with Gasteiger partial charge < -0.3 is 14.0 Å². The van der Waals surface area contributed by atoms with Gasteiger partial charge in [-0.15, -0.1) is 0 Å². The van der Waals surface area contributed by atoms with E-state index in [2.05, 4.69) is 57.0 Å². The van der Waals surface area contributed by atoms with Crippen molar-refractivity contribution in [1.82, 2.24) is 14.5 Å². The average molecular weight is 617 g/mol. The first-order valence-corrected chi connectivity index (χ1v) is 15.1. The summed E-state index contributed by atoms with van der Waals surface area (Å²) in [4.78, 5) is 9.29. The van der Waals surface area contributed by atoms with Crippen molar-refractivity contribution in [2.75, 3.05) is 7.11 Å². The third-order valence-corrected chi connectivity index (χ3v) is 8.40. The molecule has 0 aliphatic heterocycles. The van der Waals surface area contributed by atoms with E-state index >= 15 is 0 Å². The number of hydrogen-bond acceptors (Lipinski definition) is 5. The fraction of sp³-hybridized carbons (Fsp3) is 0.0750. The first kappa shape index (κ1) is 29.5. The predicted octanol–water partition coefficient (Wildman–Crippen LogP) is 8.54. The second kappa shape index (κ2) is 12.6. The highest BCUT2D eigenvalue weighted by molar-refractivity contribution is 6.01. The van der Waals surface area contributed by atoms with Crippen LogP contribution in [0.25, 0.3) is 21.9 Å². The maximum atomic E-state index is 14.3. The maximum absolute atomic E-state index is 14.3. The topological polar surface area (TPSA) is 73.0 Å². The van der Waals surface area contributed by atoms with Crippen LogP contribution in [0.1, 0.15) is 28.1 Å². The molecule has 6 nitrogen and oxygen atoms in total. The van der Waals surface area contributed by atoms with Crippen LogP contribution < -0.4 is 9.47 Å². The molecular formula is C40H29FN4O2. The molecule has 0 unspecified atom stereocenters. The summed E-state index contributed by atoms with van der Waals surface area (Å²) in [6.07, 6.45) is 3.62. The van der Waals surface area contributed by atoms with Crippen molar-refractivity contribution < 1.29 is 13.9 Å². The molecular weight excluding hydrogens is 587 g/mol. The van der Waals surface area contributed by atoms with Gasteiger partial charge in [0.05, 0.1) is 25.3 Å². The number of halogens is 1. The van der Waals surface area contributed by atoms with Gasteiger partial charge in [0.15, 0.2) is 5.69 Å². The lowest BCUT2D eigenvalue weighted by Gasteiger charge is -2.38. The van der Waals surface area contributed by atoms with Gasteiger partial charge in [-0.2, -0.15) is 5.26 Å². The Morgan fingerprint density at radius 2 is 1.40 bits per heavy atom. The second-order valence-electron chi connectivity index (χ2n) is 11.0. The predicted molar refractivity (Wildman–Crippen MR) is 180 cm³/mol. The number of pyridine rings is 1. The third-order valence-electron chi connectivity index (χ3n) is 8.40. The molecule has 0 saturated carbocycles. The Hall–Kier alpha value is -6.26. The van der Waals surface area contributed by atoms with Gasteiger partial charge in [0.1, 0.15) is 29.8 Å². The lowest BCUT2D eigenvalue weighted by molar-refractivity contribution is 0.281. The molecule has 0 aliphatic rings. The van der Waals surface area contributed by atoms with E-state index in [1.807, 2.05) is 79.1 Å². The molecule has 0 fully saturated rings. The monoisotopic (exact) mass is 616 g/mol. The van der Waals surface area contributed by atoms with E-state index in [9.17, 15) is 9.65 Å². The third kappa shape index (κ3) is 5.26. The number of imidazole rings is 1. The van der Waals surface area contributed by atoms with Crippen LogP contribution in [0.5, 0.6) is 11.6 Å². The summed E-state index contributed by atoms with van der Waals surface area (Å²) in [6, 6.07) is 44.8. The van der Waals surface area contributed by atoms with E-state index in [4.69, 9.17) is 9.47 Å². The first-order chi connectivity index (χ1) is 23.1. The van der Waals surface area contributed by atoms with Crippen LogP contribution in [0, 0.1) is 17.1 Å². The fourth-order valence-electron chi connectivity index (χ4n) is 6.34. The molecule has 0 N–H and O–H groups in total. The van der Waals surface area contributed by atoms with Gasteiger partial charge in [0, 0.05) is 16.3 Å². The van der Waals surface area contributed by atoms with Gasteiger partial charge in [-0.3, -0.25) is 0 Å². The number of methoxy groups -OCH3 is 1. The van der Waals surface area contributed by atoms with Crippen LogP contribution in [0.3, 0.4) is 0 Å². The van der Waals surface area contributed by atoms with Crippen LogP contribution in [-0.4, -0.2) is 21.6 Å². The molecule has 0 amide bonds. The van der Waals surface area contributed by atoms with Crippen molar-refractivity contribution in [2.24, 2.45) is 0 Å². The molecule has 0 bridgehead atoms. The maximum Gasteiger partial charge on any atom is 0.223 e. The highest BCUT2D eigenvalue weighted by atomic mass is 19.1. The average Bonchev–Trinajstić information content (AvgIpc) is 3.60. The Labute approximate surface area is 272 Å². The quantitative estimate of drug-likeness (QED) is 0.152. The molecule has 0 spiro atoms. The van der Waals surface area contributed by atoms with Gasteiger partial charge in [-0.05, 0) is 52.6 Å². The lowest BCUT2D eigenvalue weighted by atomic mass is 9.76. The minimum Gasteiger partial charge on any atom is -0.497 e. The van der Waals surface area contributed by atoms with E-state index < -0.39 is 11.4 Å². The van der Waals surface area contributed by atoms with Crippen molar-refractivity contribution in [3.63, 3.8) is 0 Å². The lowest BCUT2D eigenvalue weighted by Crippen LogP contribution is -2.38. The smallest absolute Gasteiger partial charge is 0.223 e. The molecule has 7 aromatic rings. The van der Waals surface area contributed by atoms with Crippen LogP contribution in [0.4, 0.5) is 4.39 Å². The summed E-state index contributed by atoms with van der Waals surface area (Å²) in [5, 5.41) is 11.6. The Balaban J connectivity index is 1.38. The molecule has 0 saturated heterocycles. The van der Waals surface area contributed by atoms with Crippen LogP contribution in [-0.2, 0) is 12.1 Å². The summed E-state index contributed by atoms with van der Waals surface area (Å²) in [6.45, 7) is 0.104. The van der Waals surface area contributed by atoms with E-state index in [0.29, 0.717) is 27.6 Å². The Morgan fingerprint density at radius 3 is 1.98 bits per heavy atom. The highest BCUT2D eigenvalue weighted by Gasteiger charge is 2.39. The highest BCUT2D eigenvalue weighted by Crippen LogP contribution is 2.42. The summed E-state index contributed by atoms with van der Waals surface area (Å²) in [5.41, 5.74) is 4.34. The van der Waals surface area contributed by atoms with Gasteiger partial charge >= 0.3 is 0 Å². The zero-order chi connectivity index (χ0) is 32.2. The molecule has 47 heavy (non-hydrogen) atoms. The number of nitriles is 1. The minimum absolute atomic E-state index is 0.104. The number of aromatic nitrogens is 3. The van der Waals surface area contributed by atoms with Crippen molar-refractivity contribution in [3.8, 4) is 28.8 Å². The number of nitrogens with zero attached hydrogens (tertiary/aromatic N) is 4. The standard InChI is InChI=1S/C40H29FN4O2/c1-46-34-20-21-35-36(23-34)38(28-12-11-19-32(41)22-28)37(24-42)44-39(35)47-26-33-25-43-27-45(33)40(29-13-5-2-6-14-29,30-15-7-3-8-16-30)31-17-9-4-10-18-31/h2-23,25,27H,26H2,1H3. The Morgan fingerprint density at radius 1 is 0.766 bits per heavy atom. The zero-order valence-corrected chi connectivity index (χ0v) is 25.5. The molecule has 0 aliphatic carbocycles. The van der Waals surface area contributed by atoms with Crippen molar-refractivity contribution in [1.29, 1.82) is 5.26 Å². The second-order valence-corrected chi connectivity index (χ2v) is 11.0. The summed E-state index contributed by atoms with van der Waals surface area (Å²) in [5.74, 6) is 0.458. The molecule has 0 atom stereocenters. The van der Waals surface area contributed by atoms with Crippen molar-refractivity contribution in [3.05, 3.63) is 180 Å². The van der Waals surface area contributed by atoms with Crippen LogP contribution >= 0.6 is 0 Å². The Kier molecular flexibility index (Phi) is 7.91. The van der Waals surface area contributed by atoms with E-state index in [1.54, 1.807) is 25.4 Å². The van der Waals surface area contributed by atoms with E-state index in [1.165, 1.54) is 12.1 Å². The largest absolute Gasteiger partial charge is 0.497 e. The molecule has 0 radical (unpaired) electrons. The van der Waals surface area contributed by atoms with Crippen molar-refractivity contribution >= 4 is 10.8 Å². The first-order valence-electron chi connectivity index (χ1n) is 15.1. The summed E-state index contributed by atoms with van der Waals surface area (Å²) < 4.78 is 28.5. The summed E-state index contributed by atoms with van der Waals surface area (Å²) >= 11 is 0. The Bertz CT molecular complexity index is 2110. The molecule has 7 rings (SSSR count). The van der Waals surface area contributed by atoms with Gasteiger partial charge in [-0.1, -0.05) is 103 Å². The van der Waals surface area contributed by atoms with E-state index in [0.717, 1.165) is 22.4 Å². The molecule has 228 valence electrons. The van der Waals surface area contributed by atoms with Crippen LogP contribution in [0.2, 0.25) is 0 Å². The van der Waals surface area contributed by atoms with Crippen molar-refractivity contribution in [2.45, 2.75) is 12.1 Å². The van der Waals surface area contributed by atoms with Gasteiger partial charge in [-0.25, -0.2) is 14.4 Å². The van der Waals surface area contributed by atoms with Crippen LogP contribution in [0.15, 0.2) is 146 Å². The summed E-state index contributed by atoms with van der Waals surface area (Å²) in [7, 11) is 1.58. The molecule has 2 aromatic heterocycles. The minimum atomic E-state index is -0.777. The van der Waals surface area contributed by atoms with Gasteiger partial charge in [0.2, 0.25) is 5.88 Å². The van der Waals surface area contributed by atoms with Gasteiger partial charge in [0.25, 0.3) is 0 Å². The van der Waals surface area contributed by atoms with E-state index in [-0.39, 0.29) is 18.2 Å². The molecule has 7 heteroatoms. The number of ether oxygens (including phenoxy) is 2. The number of rotatable bonds is 9. The number of benzene rings is 5. The SMILES string of the molecule is COc1ccc2c(OCc3cncn3C(c3ccccc3)(c3ccccc3)c3ccccc3)nc(C#N)c(-c3cccc(F)c3)c2c1. The number of hydrogen-bond donors (Lipinski definition) is 0. The molecule has 2 heterocycles. The number of fused-ring (bicyclic) bond motifs is 1.